The van der Waals surface area contributed by atoms with Gasteiger partial charge in [0.25, 0.3) is 0 Å². The highest BCUT2D eigenvalue weighted by Gasteiger charge is 2.39. The molecular weight excluding hydrogens is 247 g/mol. The largest absolute Gasteiger partial charge is 0.445 e. The van der Waals surface area contributed by atoms with Crippen molar-refractivity contribution in [2.45, 2.75) is 31.7 Å². The lowest BCUT2D eigenvalue weighted by Crippen LogP contribution is -2.57. The molecule has 1 aliphatic heterocycles. The summed E-state index contributed by atoms with van der Waals surface area (Å²) in [4.78, 5) is 13.2. The first-order valence-corrected chi connectivity index (χ1v) is 6.39. The molecule has 1 aromatic carbocycles. The van der Waals surface area contributed by atoms with Crippen molar-refractivity contribution in [3.05, 3.63) is 35.9 Å². The van der Waals surface area contributed by atoms with Gasteiger partial charge in [0.2, 0.25) is 0 Å². The molecule has 1 heterocycles. The number of carbonyl (C=O) groups excluding carboxylic acids is 1. The predicted octanol–water partition coefficient (Wildman–Crippen LogP) is 2.08. The highest BCUT2D eigenvalue weighted by Crippen LogP contribution is 2.24. The van der Waals surface area contributed by atoms with E-state index in [1.54, 1.807) is 0 Å². The summed E-state index contributed by atoms with van der Waals surface area (Å²) in [6.07, 6.45) is -0.0346. The van der Waals surface area contributed by atoms with Crippen LogP contribution in [0.25, 0.3) is 0 Å². The number of benzene rings is 1. The Labute approximate surface area is 112 Å². The van der Waals surface area contributed by atoms with Gasteiger partial charge in [-0.05, 0) is 18.9 Å². The average Bonchev–Trinajstić information content (AvgIpc) is 2.40. The number of halogens is 1. The molecule has 5 heteroatoms. The van der Waals surface area contributed by atoms with Crippen LogP contribution in [-0.2, 0) is 11.3 Å². The van der Waals surface area contributed by atoms with Crippen LogP contribution in [0, 0.1) is 0 Å². The van der Waals surface area contributed by atoms with E-state index in [9.17, 15) is 9.18 Å². The fourth-order valence-corrected chi connectivity index (χ4v) is 2.13. The Morgan fingerprint density at radius 2 is 2.21 bits per heavy atom. The zero-order valence-electron chi connectivity index (χ0n) is 11.0. The normalized spacial score (nSPS) is 27.1. The molecule has 1 fully saturated rings. The van der Waals surface area contributed by atoms with Crippen molar-refractivity contribution in [2.24, 2.45) is 5.73 Å². The van der Waals surface area contributed by atoms with Crippen LogP contribution in [0.3, 0.4) is 0 Å². The van der Waals surface area contributed by atoms with Gasteiger partial charge in [0, 0.05) is 12.6 Å². The van der Waals surface area contributed by atoms with E-state index in [0.717, 1.165) is 5.56 Å². The smallest absolute Gasteiger partial charge is 0.410 e. The number of carbonyl (C=O) groups is 1. The number of nitrogens with two attached hydrogens (primary N) is 1. The second kappa shape index (κ2) is 5.57. The summed E-state index contributed by atoms with van der Waals surface area (Å²) in [5.74, 6) is 0. The summed E-state index contributed by atoms with van der Waals surface area (Å²) in [6.45, 7) is 2.05. The van der Waals surface area contributed by atoms with E-state index in [0.29, 0.717) is 13.0 Å². The van der Waals surface area contributed by atoms with Crippen LogP contribution in [0.15, 0.2) is 30.3 Å². The maximum Gasteiger partial charge on any atom is 0.410 e. The summed E-state index contributed by atoms with van der Waals surface area (Å²) in [7, 11) is 0. The Hall–Kier alpha value is -1.62. The Morgan fingerprint density at radius 3 is 2.84 bits per heavy atom. The lowest BCUT2D eigenvalue weighted by Gasteiger charge is -2.38. The van der Waals surface area contributed by atoms with Crippen LogP contribution in [-0.4, -0.2) is 35.8 Å². The number of likely N-dealkylation sites (tertiary alicyclic amines) is 1. The maximum absolute atomic E-state index is 14.1. The van der Waals surface area contributed by atoms with E-state index < -0.39 is 17.8 Å². The molecule has 2 unspecified atom stereocenters. The highest BCUT2D eigenvalue weighted by atomic mass is 19.1. The van der Waals surface area contributed by atoms with Crippen LogP contribution >= 0.6 is 0 Å². The van der Waals surface area contributed by atoms with Gasteiger partial charge >= 0.3 is 6.09 Å². The third-order valence-electron chi connectivity index (χ3n) is 3.45. The number of amides is 1. The first kappa shape index (κ1) is 13.8. The van der Waals surface area contributed by atoms with Crippen molar-refractivity contribution in [2.75, 3.05) is 13.1 Å². The van der Waals surface area contributed by atoms with Crippen molar-refractivity contribution in [3.8, 4) is 0 Å². The molecule has 1 aromatic rings. The maximum atomic E-state index is 14.1. The summed E-state index contributed by atoms with van der Waals surface area (Å²) < 4.78 is 19.2. The van der Waals surface area contributed by atoms with E-state index in [1.165, 1.54) is 11.8 Å². The predicted molar refractivity (Wildman–Crippen MR) is 70.3 cm³/mol. The van der Waals surface area contributed by atoms with Gasteiger partial charge in [0.05, 0.1) is 6.54 Å². The molecule has 0 spiro atoms. The standard InChI is InChI=1S/C14H19FN2O2/c1-14(15)10-17(8-7-12(14)16)13(18)19-9-11-5-3-2-4-6-11/h2-6,12H,7-10,16H2,1H3. The molecule has 0 saturated carbocycles. The van der Waals surface area contributed by atoms with Crippen LogP contribution in [0.5, 0.6) is 0 Å². The number of alkyl halides is 1. The molecule has 2 N–H and O–H groups in total. The van der Waals surface area contributed by atoms with Crippen LogP contribution in [0.4, 0.5) is 9.18 Å². The zero-order valence-corrected chi connectivity index (χ0v) is 11.0. The number of ether oxygens (including phenoxy) is 1. The van der Waals surface area contributed by atoms with Crippen molar-refractivity contribution < 1.29 is 13.9 Å². The SMILES string of the molecule is CC1(F)CN(C(=O)OCc2ccccc2)CCC1N. The number of rotatable bonds is 2. The van der Waals surface area contributed by atoms with Gasteiger partial charge in [0.15, 0.2) is 0 Å². The molecule has 4 nitrogen and oxygen atoms in total. The van der Waals surface area contributed by atoms with Gasteiger partial charge in [0.1, 0.15) is 12.3 Å². The quantitative estimate of drug-likeness (QED) is 0.891. The fourth-order valence-electron chi connectivity index (χ4n) is 2.13. The van der Waals surface area contributed by atoms with Gasteiger partial charge in [-0.1, -0.05) is 30.3 Å². The van der Waals surface area contributed by atoms with E-state index in [4.69, 9.17) is 10.5 Å². The highest BCUT2D eigenvalue weighted by molar-refractivity contribution is 5.68. The molecule has 104 valence electrons. The molecule has 19 heavy (non-hydrogen) atoms. The van der Waals surface area contributed by atoms with Crippen molar-refractivity contribution >= 4 is 6.09 Å². The molecule has 0 radical (unpaired) electrons. The first-order chi connectivity index (χ1) is 8.99. The van der Waals surface area contributed by atoms with Crippen molar-refractivity contribution in [3.63, 3.8) is 0 Å². The van der Waals surface area contributed by atoms with Crippen molar-refractivity contribution in [1.29, 1.82) is 0 Å². The van der Waals surface area contributed by atoms with Gasteiger partial charge < -0.3 is 15.4 Å². The summed E-state index contributed by atoms with van der Waals surface area (Å²) >= 11 is 0. The monoisotopic (exact) mass is 266 g/mol. The third kappa shape index (κ3) is 3.44. The molecule has 1 aliphatic rings. The Kier molecular flexibility index (Phi) is 4.04. The minimum absolute atomic E-state index is 0.0121. The number of piperidine rings is 1. The zero-order chi connectivity index (χ0) is 13.9. The number of hydrogen-bond acceptors (Lipinski definition) is 3. The molecule has 0 bridgehead atoms. The lowest BCUT2D eigenvalue weighted by atomic mass is 9.92. The van der Waals surface area contributed by atoms with Crippen LogP contribution in [0.1, 0.15) is 18.9 Å². The Balaban J connectivity index is 1.87. The number of hydrogen-bond donors (Lipinski definition) is 1. The van der Waals surface area contributed by atoms with Gasteiger partial charge in [-0.15, -0.1) is 0 Å². The van der Waals surface area contributed by atoms with E-state index in [2.05, 4.69) is 0 Å². The first-order valence-electron chi connectivity index (χ1n) is 6.39. The summed E-state index contributed by atoms with van der Waals surface area (Å²) in [6, 6.07) is 8.87. The fraction of sp³-hybridized carbons (Fsp3) is 0.500. The number of nitrogens with zero attached hydrogens (tertiary/aromatic N) is 1. The van der Waals surface area contributed by atoms with Crippen LogP contribution in [0.2, 0.25) is 0 Å². The molecule has 1 saturated heterocycles. The summed E-state index contributed by atoms with van der Waals surface area (Å²) in [5, 5.41) is 0. The third-order valence-corrected chi connectivity index (χ3v) is 3.45. The van der Waals surface area contributed by atoms with Gasteiger partial charge in [-0.3, -0.25) is 0 Å². The Morgan fingerprint density at radius 1 is 1.53 bits per heavy atom. The molecule has 1 amide bonds. The van der Waals surface area contributed by atoms with E-state index >= 15 is 0 Å². The van der Waals surface area contributed by atoms with Crippen LogP contribution < -0.4 is 5.73 Å². The molecule has 0 aromatic heterocycles. The van der Waals surface area contributed by atoms with Gasteiger partial charge in [-0.25, -0.2) is 9.18 Å². The average molecular weight is 266 g/mol. The summed E-state index contributed by atoms with van der Waals surface area (Å²) in [5.41, 5.74) is 5.04. The Bertz CT molecular complexity index is 436. The molecule has 0 aliphatic carbocycles. The second-order valence-electron chi connectivity index (χ2n) is 5.13. The van der Waals surface area contributed by atoms with E-state index in [1.807, 2.05) is 30.3 Å². The molecular formula is C14H19FN2O2. The lowest BCUT2D eigenvalue weighted by molar-refractivity contribution is 0.0265. The van der Waals surface area contributed by atoms with Crippen molar-refractivity contribution in [1.82, 2.24) is 4.90 Å². The molecule has 2 atom stereocenters. The minimum Gasteiger partial charge on any atom is -0.445 e. The van der Waals surface area contributed by atoms with E-state index in [-0.39, 0.29) is 13.2 Å². The minimum atomic E-state index is -1.55. The topological polar surface area (TPSA) is 55.6 Å². The second-order valence-corrected chi connectivity index (χ2v) is 5.13. The van der Waals surface area contributed by atoms with Gasteiger partial charge in [-0.2, -0.15) is 0 Å². The molecule has 2 rings (SSSR count).